The lowest BCUT2D eigenvalue weighted by Crippen LogP contribution is -2.52. The molecule has 1 atom stereocenters. The topological polar surface area (TPSA) is 113 Å². The van der Waals surface area contributed by atoms with Gasteiger partial charge in [0.1, 0.15) is 6.04 Å². The van der Waals surface area contributed by atoms with Gasteiger partial charge in [-0.1, -0.05) is 0 Å². The second-order valence-electron chi connectivity index (χ2n) is 7.51. The molecule has 4 rings (SSSR count). The van der Waals surface area contributed by atoms with Gasteiger partial charge >= 0.3 is 0 Å². The van der Waals surface area contributed by atoms with Crippen LogP contribution in [0.2, 0.25) is 0 Å². The second kappa shape index (κ2) is 7.50. The molecule has 2 fully saturated rings. The number of hydrogen-bond donors (Lipinski definition) is 3. The van der Waals surface area contributed by atoms with Crippen molar-refractivity contribution in [2.24, 2.45) is 0 Å². The normalized spacial score (nSPS) is 23.4. The lowest BCUT2D eigenvalue weighted by Gasteiger charge is -2.36. The molecule has 9 nitrogen and oxygen atoms in total. The van der Waals surface area contributed by atoms with E-state index in [4.69, 9.17) is 10.2 Å². The monoisotopic (exact) mass is 388 g/mol. The Morgan fingerprint density at radius 2 is 1.86 bits per heavy atom. The fourth-order valence-electron chi connectivity index (χ4n) is 4.18. The van der Waals surface area contributed by atoms with Crippen molar-refractivity contribution in [1.29, 1.82) is 0 Å². The molecule has 150 valence electrons. The third-order valence-electron chi connectivity index (χ3n) is 5.67. The van der Waals surface area contributed by atoms with E-state index < -0.39 is 18.2 Å². The molecule has 1 aromatic rings. The summed E-state index contributed by atoms with van der Waals surface area (Å²) in [6, 6.07) is 5.12. The molecule has 0 saturated carbocycles. The molecule has 0 radical (unpaired) electrons. The first-order valence-corrected chi connectivity index (χ1v) is 9.53. The van der Waals surface area contributed by atoms with Crippen molar-refractivity contribution in [1.82, 2.24) is 15.1 Å². The fraction of sp³-hybridized carbons (Fsp3) is 0.526. The molecular formula is C19H24N4O5. The number of piperidine rings is 1. The van der Waals surface area contributed by atoms with Crippen molar-refractivity contribution in [2.75, 3.05) is 37.6 Å². The van der Waals surface area contributed by atoms with Gasteiger partial charge in [-0.25, -0.2) is 0 Å². The number of nitrogens with zero attached hydrogens (tertiary/aromatic N) is 3. The lowest BCUT2D eigenvalue weighted by atomic mass is 10.0. The highest BCUT2D eigenvalue weighted by Gasteiger charge is 2.39. The van der Waals surface area contributed by atoms with Gasteiger partial charge in [0.05, 0.1) is 0 Å². The van der Waals surface area contributed by atoms with Crippen molar-refractivity contribution in [3.8, 4) is 0 Å². The van der Waals surface area contributed by atoms with Gasteiger partial charge in [-0.3, -0.25) is 24.6 Å². The van der Waals surface area contributed by atoms with Crippen LogP contribution in [0.3, 0.4) is 0 Å². The molecule has 2 saturated heterocycles. The van der Waals surface area contributed by atoms with Gasteiger partial charge < -0.3 is 20.0 Å². The Bertz CT molecular complexity index is 804. The smallest absolute Gasteiger partial charge is 0.255 e. The van der Waals surface area contributed by atoms with Gasteiger partial charge in [-0.05, 0) is 30.2 Å². The van der Waals surface area contributed by atoms with Gasteiger partial charge in [-0.2, -0.15) is 0 Å². The Hall–Kier alpha value is -2.49. The fourth-order valence-corrected chi connectivity index (χ4v) is 4.18. The van der Waals surface area contributed by atoms with E-state index in [9.17, 15) is 14.4 Å². The summed E-state index contributed by atoms with van der Waals surface area (Å²) >= 11 is 0. The van der Waals surface area contributed by atoms with Gasteiger partial charge in [-0.15, -0.1) is 0 Å². The Labute approximate surface area is 162 Å². The maximum Gasteiger partial charge on any atom is 0.255 e. The number of hydrogen-bond acceptors (Lipinski definition) is 7. The summed E-state index contributed by atoms with van der Waals surface area (Å²) in [6.45, 7) is 3.59. The number of aliphatic hydroxyl groups excluding tert-OH is 1. The molecule has 0 aromatic heterocycles. The number of piperazine rings is 1. The molecule has 9 heteroatoms. The highest BCUT2D eigenvalue weighted by molar-refractivity contribution is 6.05. The zero-order valence-electron chi connectivity index (χ0n) is 15.5. The Morgan fingerprint density at radius 3 is 2.54 bits per heavy atom. The molecule has 1 unspecified atom stereocenters. The van der Waals surface area contributed by atoms with Gasteiger partial charge in [0.25, 0.3) is 5.91 Å². The van der Waals surface area contributed by atoms with Crippen LogP contribution in [0.15, 0.2) is 18.2 Å². The number of β-amino-alcohol motifs (C(OH)–C–C–N with tert-alkyl or cyclic N) is 2. The summed E-state index contributed by atoms with van der Waals surface area (Å²) in [5.74, 6) is -0.863. The molecule has 0 aliphatic carbocycles. The molecule has 0 spiro atoms. The van der Waals surface area contributed by atoms with E-state index in [2.05, 4.69) is 10.2 Å². The van der Waals surface area contributed by atoms with Crippen LogP contribution in [0.1, 0.15) is 28.8 Å². The number of anilines is 1. The van der Waals surface area contributed by atoms with Crippen LogP contribution in [0, 0.1) is 0 Å². The average Bonchev–Trinajstić information content (AvgIpc) is 2.98. The van der Waals surface area contributed by atoms with E-state index in [0.29, 0.717) is 18.5 Å². The molecule has 3 aliphatic heterocycles. The number of carbonyl (C=O) groups is 3. The largest absolute Gasteiger partial charge is 0.369 e. The number of nitrogens with one attached hydrogen (secondary N) is 1. The first-order chi connectivity index (χ1) is 13.4. The summed E-state index contributed by atoms with van der Waals surface area (Å²) < 4.78 is 0. The zero-order valence-corrected chi connectivity index (χ0v) is 15.5. The van der Waals surface area contributed by atoms with Crippen LogP contribution in [-0.2, 0) is 16.1 Å². The van der Waals surface area contributed by atoms with E-state index in [-0.39, 0.29) is 24.8 Å². The molecule has 1 aromatic carbocycles. The second-order valence-corrected chi connectivity index (χ2v) is 7.51. The molecule has 3 heterocycles. The summed E-state index contributed by atoms with van der Waals surface area (Å²) in [5.41, 5.74) is 2.51. The number of fused-ring (bicyclic) bond motifs is 1. The molecule has 3 amide bonds. The van der Waals surface area contributed by atoms with Crippen LogP contribution < -0.4 is 10.2 Å². The number of imide groups is 1. The minimum absolute atomic E-state index is 0.169. The van der Waals surface area contributed by atoms with Crippen molar-refractivity contribution < 1.29 is 24.6 Å². The highest BCUT2D eigenvalue weighted by atomic mass is 16.5. The van der Waals surface area contributed by atoms with Crippen LogP contribution in [0.25, 0.3) is 0 Å². The van der Waals surface area contributed by atoms with Gasteiger partial charge in [0.2, 0.25) is 11.8 Å². The molecule has 3 N–H and O–H groups in total. The number of rotatable bonds is 4. The van der Waals surface area contributed by atoms with Crippen LogP contribution >= 0.6 is 0 Å². The summed E-state index contributed by atoms with van der Waals surface area (Å²) in [7, 11) is 0. The maximum absolute atomic E-state index is 12.7. The molecule has 0 bridgehead atoms. The van der Waals surface area contributed by atoms with Crippen molar-refractivity contribution in [2.45, 2.75) is 31.7 Å². The quantitative estimate of drug-likeness (QED) is 0.442. The molecule has 28 heavy (non-hydrogen) atoms. The highest BCUT2D eigenvalue weighted by Crippen LogP contribution is 2.30. The van der Waals surface area contributed by atoms with Crippen LogP contribution in [-0.4, -0.2) is 82.8 Å². The maximum atomic E-state index is 12.7. The summed E-state index contributed by atoms with van der Waals surface area (Å²) in [4.78, 5) is 42.0. The number of aliphatic hydroxyl groups is 2. The summed E-state index contributed by atoms with van der Waals surface area (Å²) in [5, 5.41) is 20.5. The van der Waals surface area contributed by atoms with Crippen molar-refractivity contribution in [3.63, 3.8) is 0 Å². The van der Waals surface area contributed by atoms with E-state index >= 15 is 0 Å². The number of benzene rings is 1. The summed E-state index contributed by atoms with van der Waals surface area (Å²) in [6.07, 6.45) is -0.722. The molecule has 3 aliphatic rings. The first kappa shape index (κ1) is 18.9. The van der Waals surface area contributed by atoms with E-state index in [0.717, 1.165) is 37.4 Å². The third-order valence-corrected chi connectivity index (χ3v) is 5.67. The number of amides is 3. The SMILES string of the molecule is O=C1CCC(N2Cc3cc(N4CCN(CC(O)O)CC4)ccc3C2=O)C(=O)N1. The molecular weight excluding hydrogens is 364 g/mol. The average molecular weight is 388 g/mol. The standard InChI is InChI=1S/C19H24N4O5/c24-16-4-3-15(18(27)20-16)23-10-12-9-13(1-2-14(12)19(23)28)22-7-5-21(6-8-22)11-17(25)26/h1-2,9,15,17,25-26H,3-8,10-11H2,(H,20,24,27). The first-order valence-electron chi connectivity index (χ1n) is 9.53. The Morgan fingerprint density at radius 1 is 1.11 bits per heavy atom. The van der Waals surface area contributed by atoms with Gasteiger partial charge in [0.15, 0.2) is 6.29 Å². The predicted octanol–water partition coefficient (Wildman–Crippen LogP) is -1.12. The Balaban J connectivity index is 1.44. The van der Waals surface area contributed by atoms with E-state index in [1.807, 2.05) is 23.1 Å². The lowest BCUT2D eigenvalue weighted by molar-refractivity contribution is -0.136. The zero-order chi connectivity index (χ0) is 19.8. The third kappa shape index (κ3) is 3.60. The number of carbonyl (C=O) groups excluding carboxylic acids is 3. The van der Waals surface area contributed by atoms with Crippen molar-refractivity contribution in [3.05, 3.63) is 29.3 Å². The Kier molecular flexibility index (Phi) is 5.05. The van der Waals surface area contributed by atoms with Crippen LogP contribution in [0.4, 0.5) is 5.69 Å². The van der Waals surface area contributed by atoms with Crippen LogP contribution in [0.5, 0.6) is 0 Å². The van der Waals surface area contributed by atoms with E-state index in [1.165, 1.54) is 0 Å². The van der Waals surface area contributed by atoms with Crippen molar-refractivity contribution >= 4 is 23.4 Å². The minimum Gasteiger partial charge on any atom is -0.369 e. The van der Waals surface area contributed by atoms with Gasteiger partial charge in [0, 0.05) is 56.9 Å². The minimum atomic E-state index is -1.32. The van der Waals surface area contributed by atoms with E-state index in [1.54, 1.807) is 4.90 Å². The predicted molar refractivity (Wildman–Crippen MR) is 99.4 cm³/mol.